The number of amides is 2. The third-order valence-corrected chi connectivity index (χ3v) is 3.58. The van der Waals surface area contributed by atoms with Crippen LogP contribution in [-0.4, -0.2) is 48.2 Å². The zero-order chi connectivity index (χ0) is 15.2. The average Bonchev–Trinajstić information content (AvgIpc) is 3.30. The standard InChI is InChI=1S/C15H21N3O3/c1-18(12-7-8-12)10-9-16-15(21)17-13(14(19)20)11-5-3-2-4-6-11/h2-6,12-13H,7-10H2,1H3,(H,19,20)(H2,16,17,21). The molecule has 1 aromatic rings. The molecule has 6 nitrogen and oxygen atoms in total. The normalized spacial score (nSPS) is 15.5. The van der Waals surface area contributed by atoms with Crippen LogP contribution < -0.4 is 10.6 Å². The summed E-state index contributed by atoms with van der Waals surface area (Å²) in [6.07, 6.45) is 2.44. The Labute approximate surface area is 124 Å². The molecule has 21 heavy (non-hydrogen) atoms. The molecule has 0 heterocycles. The van der Waals surface area contributed by atoms with Crippen molar-refractivity contribution in [2.45, 2.75) is 24.9 Å². The first-order valence-electron chi connectivity index (χ1n) is 7.10. The number of aliphatic carboxylic acids is 1. The number of carboxylic acid groups (broad SMARTS) is 1. The van der Waals surface area contributed by atoms with Gasteiger partial charge in [-0.2, -0.15) is 0 Å². The van der Waals surface area contributed by atoms with Gasteiger partial charge in [0.1, 0.15) is 0 Å². The summed E-state index contributed by atoms with van der Waals surface area (Å²) in [5.74, 6) is -1.08. The molecule has 0 bridgehead atoms. The summed E-state index contributed by atoms with van der Waals surface area (Å²) in [5.41, 5.74) is 0.551. The lowest BCUT2D eigenvalue weighted by molar-refractivity contribution is -0.139. The topological polar surface area (TPSA) is 81.7 Å². The number of rotatable bonds is 7. The largest absolute Gasteiger partial charge is 0.479 e. The number of carbonyl (C=O) groups is 2. The molecule has 1 atom stereocenters. The van der Waals surface area contributed by atoms with Crippen molar-refractivity contribution in [3.8, 4) is 0 Å². The molecule has 0 saturated heterocycles. The fourth-order valence-corrected chi connectivity index (χ4v) is 2.16. The molecule has 1 unspecified atom stereocenters. The molecule has 1 aliphatic carbocycles. The van der Waals surface area contributed by atoms with Crippen molar-refractivity contribution in [1.29, 1.82) is 0 Å². The zero-order valence-corrected chi connectivity index (χ0v) is 12.1. The number of hydrogen-bond acceptors (Lipinski definition) is 3. The summed E-state index contributed by atoms with van der Waals surface area (Å²) < 4.78 is 0. The Bertz CT molecular complexity index is 488. The molecule has 0 aromatic heterocycles. The second-order valence-corrected chi connectivity index (χ2v) is 5.29. The highest BCUT2D eigenvalue weighted by Crippen LogP contribution is 2.24. The lowest BCUT2D eigenvalue weighted by Gasteiger charge is -2.18. The quantitative estimate of drug-likeness (QED) is 0.705. The van der Waals surface area contributed by atoms with Crippen LogP contribution in [0.3, 0.4) is 0 Å². The second-order valence-electron chi connectivity index (χ2n) is 5.29. The minimum atomic E-state index is -1.08. The maximum absolute atomic E-state index is 11.8. The van der Waals surface area contributed by atoms with E-state index in [9.17, 15) is 14.7 Å². The molecule has 0 spiro atoms. The monoisotopic (exact) mass is 291 g/mol. The highest BCUT2D eigenvalue weighted by molar-refractivity contribution is 5.83. The van der Waals surface area contributed by atoms with Gasteiger partial charge in [0.25, 0.3) is 0 Å². The molecule has 1 fully saturated rings. The Morgan fingerprint density at radius 2 is 2.00 bits per heavy atom. The molecule has 1 saturated carbocycles. The van der Waals surface area contributed by atoms with E-state index in [2.05, 4.69) is 15.5 Å². The van der Waals surface area contributed by atoms with Crippen molar-refractivity contribution in [2.24, 2.45) is 0 Å². The first kappa shape index (κ1) is 15.3. The Kier molecular flexibility index (Phi) is 5.16. The van der Waals surface area contributed by atoms with E-state index >= 15 is 0 Å². The summed E-state index contributed by atoms with van der Waals surface area (Å²) in [5, 5.41) is 14.4. The van der Waals surface area contributed by atoms with Gasteiger partial charge in [-0.25, -0.2) is 9.59 Å². The van der Waals surface area contributed by atoms with Crippen molar-refractivity contribution in [1.82, 2.24) is 15.5 Å². The molecule has 1 aliphatic rings. The fourth-order valence-electron chi connectivity index (χ4n) is 2.16. The molecular formula is C15H21N3O3. The van der Waals surface area contributed by atoms with Crippen LogP contribution in [0, 0.1) is 0 Å². The van der Waals surface area contributed by atoms with Gasteiger partial charge in [0, 0.05) is 19.1 Å². The SMILES string of the molecule is CN(CCNC(=O)NC(C(=O)O)c1ccccc1)C1CC1. The van der Waals surface area contributed by atoms with E-state index in [0.29, 0.717) is 18.2 Å². The Hall–Kier alpha value is -2.08. The van der Waals surface area contributed by atoms with Gasteiger partial charge < -0.3 is 20.6 Å². The molecule has 114 valence electrons. The Morgan fingerprint density at radius 1 is 1.33 bits per heavy atom. The van der Waals surface area contributed by atoms with Gasteiger partial charge >= 0.3 is 12.0 Å². The lowest BCUT2D eigenvalue weighted by Crippen LogP contribution is -2.43. The van der Waals surface area contributed by atoms with Crippen LogP contribution in [0.15, 0.2) is 30.3 Å². The predicted molar refractivity (Wildman–Crippen MR) is 79.0 cm³/mol. The minimum Gasteiger partial charge on any atom is -0.479 e. The van der Waals surface area contributed by atoms with Crippen molar-refractivity contribution in [2.75, 3.05) is 20.1 Å². The minimum absolute atomic E-state index is 0.463. The van der Waals surface area contributed by atoms with Crippen LogP contribution in [0.4, 0.5) is 4.79 Å². The number of carboxylic acids is 1. The fraction of sp³-hybridized carbons (Fsp3) is 0.467. The number of likely N-dealkylation sites (N-methyl/N-ethyl adjacent to an activating group) is 1. The molecule has 3 N–H and O–H groups in total. The molecule has 0 aliphatic heterocycles. The van der Waals surface area contributed by atoms with Crippen LogP contribution in [0.2, 0.25) is 0 Å². The van der Waals surface area contributed by atoms with Crippen molar-refractivity contribution in [3.05, 3.63) is 35.9 Å². The van der Waals surface area contributed by atoms with Crippen LogP contribution in [0.1, 0.15) is 24.4 Å². The lowest BCUT2D eigenvalue weighted by atomic mass is 10.1. The van der Waals surface area contributed by atoms with Gasteiger partial charge in [-0.1, -0.05) is 30.3 Å². The van der Waals surface area contributed by atoms with E-state index < -0.39 is 18.0 Å². The molecule has 6 heteroatoms. The molecule has 2 amide bonds. The van der Waals surface area contributed by atoms with Crippen molar-refractivity contribution >= 4 is 12.0 Å². The summed E-state index contributed by atoms with van der Waals surface area (Å²) in [7, 11) is 2.03. The number of hydrogen-bond donors (Lipinski definition) is 3. The first-order chi connectivity index (χ1) is 10.1. The van der Waals surface area contributed by atoms with Crippen molar-refractivity contribution in [3.63, 3.8) is 0 Å². The van der Waals surface area contributed by atoms with Gasteiger partial charge in [-0.15, -0.1) is 0 Å². The van der Waals surface area contributed by atoms with E-state index in [4.69, 9.17) is 0 Å². The average molecular weight is 291 g/mol. The first-order valence-corrected chi connectivity index (χ1v) is 7.10. The van der Waals surface area contributed by atoms with Gasteiger partial charge in [0.2, 0.25) is 0 Å². The van der Waals surface area contributed by atoms with Crippen LogP contribution in [-0.2, 0) is 4.79 Å². The third-order valence-electron chi connectivity index (χ3n) is 3.58. The van der Waals surface area contributed by atoms with Crippen LogP contribution in [0.5, 0.6) is 0 Å². The predicted octanol–water partition coefficient (Wildman–Crippen LogP) is 1.21. The number of carbonyl (C=O) groups excluding carboxylic acids is 1. The van der Waals surface area contributed by atoms with Gasteiger partial charge in [0.15, 0.2) is 6.04 Å². The second kappa shape index (κ2) is 7.08. The number of urea groups is 1. The van der Waals surface area contributed by atoms with Crippen LogP contribution in [0.25, 0.3) is 0 Å². The van der Waals surface area contributed by atoms with E-state index in [0.717, 1.165) is 6.54 Å². The number of nitrogens with one attached hydrogen (secondary N) is 2. The van der Waals surface area contributed by atoms with E-state index in [1.807, 2.05) is 7.05 Å². The van der Waals surface area contributed by atoms with Gasteiger partial charge in [0.05, 0.1) is 0 Å². The summed E-state index contributed by atoms with van der Waals surface area (Å²) in [6.45, 7) is 1.27. The molecule has 0 radical (unpaired) electrons. The van der Waals surface area contributed by atoms with Crippen LogP contribution >= 0.6 is 0 Å². The Balaban J connectivity index is 1.80. The summed E-state index contributed by atoms with van der Waals surface area (Å²) in [4.78, 5) is 25.3. The highest BCUT2D eigenvalue weighted by atomic mass is 16.4. The Morgan fingerprint density at radius 3 is 2.57 bits per heavy atom. The highest BCUT2D eigenvalue weighted by Gasteiger charge is 2.26. The molecule has 1 aromatic carbocycles. The van der Waals surface area contributed by atoms with E-state index in [1.54, 1.807) is 30.3 Å². The van der Waals surface area contributed by atoms with Gasteiger partial charge in [-0.05, 0) is 25.5 Å². The maximum atomic E-state index is 11.8. The summed E-state index contributed by atoms with van der Waals surface area (Å²) in [6, 6.07) is 7.80. The zero-order valence-electron chi connectivity index (χ0n) is 12.1. The maximum Gasteiger partial charge on any atom is 0.330 e. The summed E-state index contributed by atoms with van der Waals surface area (Å²) >= 11 is 0. The van der Waals surface area contributed by atoms with E-state index in [-0.39, 0.29) is 0 Å². The molecular weight excluding hydrogens is 270 g/mol. The molecule has 2 rings (SSSR count). The number of benzene rings is 1. The third kappa shape index (κ3) is 4.75. The van der Waals surface area contributed by atoms with E-state index in [1.165, 1.54) is 12.8 Å². The number of nitrogens with zero attached hydrogens (tertiary/aromatic N) is 1. The van der Waals surface area contributed by atoms with Gasteiger partial charge in [-0.3, -0.25) is 0 Å². The smallest absolute Gasteiger partial charge is 0.330 e. The van der Waals surface area contributed by atoms with Crippen molar-refractivity contribution < 1.29 is 14.7 Å².